The summed E-state index contributed by atoms with van der Waals surface area (Å²) in [6.45, 7) is 2.42. The number of aryl methyl sites for hydroxylation is 1. The Morgan fingerprint density at radius 3 is 2.43 bits per heavy atom. The maximum Gasteiger partial charge on any atom is 0.304 e. The first kappa shape index (κ1) is 20.3. The van der Waals surface area contributed by atoms with Crippen molar-refractivity contribution in [2.24, 2.45) is 5.41 Å². The summed E-state index contributed by atoms with van der Waals surface area (Å²) < 4.78 is 0. The second-order valence-corrected chi connectivity index (χ2v) is 8.74. The molecule has 0 atom stereocenters. The molecule has 1 aliphatic rings. The fraction of sp³-hybridized carbons (Fsp3) is 0.292. The number of hydrogen-bond acceptors (Lipinski definition) is 4. The van der Waals surface area contributed by atoms with Gasteiger partial charge >= 0.3 is 5.97 Å². The highest BCUT2D eigenvalue weighted by Gasteiger charge is 2.45. The largest absolute Gasteiger partial charge is 0.481 e. The van der Waals surface area contributed by atoms with Crippen LogP contribution in [0.5, 0.6) is 0 Å². The third-order valence-electron chi connectivity index (χ3n) is 5.77. The number of aliphatic carboxylic acids is 1. The predicted molar refractivity (Wildman–Crippen MR) is 117 cm³/mol. The number of nitrogens with one attached hydrogen (secondary N) is 1. The fourth-order valence-corrected chi connectivity index (χ4v) is 5.02. The molecule has 0 radical (unpaired) electrons. The molecule has 0 saturated heterocycles. The van der Waals surface area contributed by atoms with Gasteiger partial charge < -0.3 is 10.4 Å². The van der Waals surface area contributed by atoms with Gasteiger partial charge in [-0.15, -0.1) is 11.3 Å². The van der Waals surface area contributed by atoms with Crippen molar-refractivity contribution in [2.75, 3.05) is 0 Å². The van der Waals surface area contributed by atoms with Gasteiger partial charge in [0.1, 0.15) is 5.01 Å². The molecule has 0 unspecified atom stereocenters. The number of fused-ring (bicyclic) bond motifs is 1. The average Bonchev–Trinajstić information content (AvgIpc) is 3.36. The van der Waals surface area contributed by atoms with Crippen LogP contribution in [0.2, 0.25) is 0 Å². The summed E-state index contributed by atoms with van der Waals surface area (Å²) in [5.41, 5.74) is 4.44. The molecule has 1 amide bonds. The van der Waals surface area contributed by atoms with Gasteiger partial charge in [-0.1, -0.05) is 55.5 Å². The molecule has 2 aromatic carbocycles. The summed E-state index contributed by atoms with van der Waals surface area (Å²) in [6, 6.07) is 16.0. The zero-order valence-corrected chi connectivity index (χ0v) is 17.7. The van der Waals surface area contributed by atoms with E-state index in [9.17, 15) is 14.7 Å². The van der Waals surface area contributed by atoms with Crippen molar-refractivity contribution in [3.63, 3.8) is 0 Å². The molecule has 1 aromatic heterocycles. The highest BCUT2D eigenvalue weighted by atomic mass is 32.1. The van der Waals surface area contributed by atoms with Crippen LogP contribution in [0.4, 0.5) is 0 Å². The quantitative estimate of drug-likeness (QED) is 0.599. The van der Waals surface area contributed by atoms with Gasteiger partial charge in [-0.05, 0) is 36.0 Å². The van der Waals surface area contributed by atoms with E-state index in [2.05, 4.69) is 24.4 Å². The van der Waals surface area contributed by atoms with Gasteiger partial charge in [0.05, 0.1) is 24.1 Å². The van der Waals surface area contributed by atoms with Gasteiger partial charge in [0, 0.05) is 10.9 Å². The van der Waals surface area contributed by atoms with E-state index in [1.54, 1.807) is 0 Å². The van der Waals surface area contributed by atoms with Gasteiger partial charge in [-0.3, -0.25) is 9.59 Å². The van der Waals surface area contributed by atoms with Gasteiger partial charge in [-0.2, -0.15) is 0 Å². The molecular formula is C24H24N2O3S. The number of carboxylic acids is 1. The lowest BCUT2D eigenvalue weighted by Crippen LogP contribution is -2.43. The minimum absolute atomic E-state index is 0.180. The molecule has 154 valence electrons. The van der Waals surface area contributed by atoms with Crippen molar-refractivity contribution >= 4 is 23.2 Å². The van der Waals surface area contributed by atoms with E-state index in [0.29, 0.717) is 19.4 Å². The minimum Gasteiger partial charge on any atom is -0.481 e. The van der Waals surface area contributed by atoms with Gasteiger partial charge in [0.25, 0.3) is 0 Å². The average molecular weight is 421 g/mol. The zero-order chi connectivity index (χ0) is 21.1. The monoisotopic (exact) mass is 420 g/mol. The van der Waals surface area contributed by atoms with Crippen LogP contribution in [0.15, 0.2) is 53.9 Å². The zero-order valence-electron chi connectivity index (χ0n) is 16.9. The third-order valence-corrected chi connectivity index (χ3v) is 6.62. The third kappa shape index (κ3) is 4.00. The van der Waals surface area contributed by atoms with Gasteiger partial charge in [0.2, 0.25) is 5.91 Å². The Balaban J connectivity index is 1.49. The summed E-state index contributed by atoms with van der Waals surface area (Å²) in [5.74, 6) is -1.17. The van der Waals surface area contributed by atoms with Crippen LogP contribution in [0.3, 0.4) is 0 Å². The van der Waals surface area contributed by atoms with Crippen molar-refractivity contribution in [1.29, 1.82) is 0 Å². The number of carbonyl (C=O) groups is 2. The van der Waals surface area contributed by atoms with E-state index in [0.717, 1.165) is 33.8 Å². The molecule has 0 saturated carbocycles. The Labute approximate surface area is 179 Å². The molecule has 0 spiro atoms. The maximum absolute atomic E-state index is 13.1. The van der Waals surface area contributed by atoms with E-state index < -0.39 is 11.4 Å². The summed E-state index contributed by atoms with van der Waals surface area (Å²) in [4.78, 5) is 29.3. The Morgan fingerprint density at radius 1 is 1.10 bits per heavy atom. The lowest BCUT2D eigenvalue weighted by atomic mass is 9.80. The van der Waals surface area contributed by atoms with E-state index >= 15 is 0 Å². The molecule has 0 fully saturated rings. The topological polar surface area (TPSA) is 79.3 Å². The first-order chi connectivity index (χ1) is 14.5. The van der Waals surface area contributed by atoms with Crippen molar-refractivity contribution in [3.05, 3.63) is 75.6 Å². The summed E-state index contributed by atoms with van der Waals surface area (Å²) in [5, 5.41) is 15.2. The van der Waals surface area contributed by atoms with E-state index in [4.69, 9.17) is 4.98 Å². The normalized spacial score (nSPS) is 14.3. The SMILES string of the molecule is CCc1ccccc1-c1csc(CNC(=O)C2(CC(=O)O)Cc3ccccc3C2)n1. The van der Waals surface area contributed by atoms with Crippen molar-refractivity contribution in [3.8, 4) is 11.3 Å². The Bertz CT molecular complexity index is 1060. The maximum atomic E-state index is 13.1. The highest BCUT2D eigenvalue weighted by Crippen LogP contribution is 2.40. The molecule has 6 heteroatoms. The van der Waals surface area contributed by atoms with Crippen molar-refractivity contribution in [1.82, 2.24) is 10.3 Å². The van der Waals surface area contributed by atoms with Gasteiger partial charge in [0.15, 0.2) is 0 Å². The lowest BCUT2D eigenvalue weighted by molar-refractivity contribution is -0.145. The second kappa shape index (κ2) is 8.40. The highest BCUT2D eigenvalue weighted by molar-refractivity contribution is 7.09. The first-order valence-electron chi connectivity index (χ1n) is 10.1. The summed E-state index contributed by atoms with van der Waals surface area (Å²) >= 11 is 1.51. The van der Waals surface area contributed by atoms with Crippen LogP contribution in [-0.4, -0.2) is 22.0 Å². The van der Waals surface area contributed by atoms with E-state index in [1.807, 2.05) is 41.8 Å². The molecule has 0 bridgehead atoms. The number of rotatable bonds is 7. The number of carboxylic acid groups (broad SMARTS) is 1. The molecule has 2 N–H and O–H groups in total. The van der Waals surface area contributed by atoms with Crippen molar-refractivity contribution < 1.29 is 14.7 Å². The summed E-state index contributed by atoms with van der Waals surface area (Å²) in [7, 11) is 0. The number of carbonyl (C=O) groups excluding carboxylic acids is 1. The number of amides is 1. The molecule has 1 aliphatic carbocycles. The van der Waals surface area contributed by atoms with Crippen LogP contribution < -0.4 is 5.32 Å². The van der Waals surface area contributed by atoms with Gasteiger partial charge in [-0.25, -0.2) is 4.98 Å². The first-order valence-corrected chi connectivity index (χ1v) is 11.0. The number of aromatic nitrogens is 1. The molecule has 4 rings (SSSR count). The van der Waals surface area contributed by atoms with Crippen LogP contribution in [-0.2, 0) is 35.4 Å². The number of benzene rings is 2. The Kier molecular flexibility index (Phi) is 5.68. The molecule has 0 aliphatic heterocycles. The number of thiazole rings is 1. The summed E-state index contributed by atoms with van der Waals surface area (Å²) in [6.07, 6.45) is 1.65. The standard InChI is InChI=1S/C24H24N2O3S/c1-2-16-7-5-6-10-19(16)20-15-30-21(26-20)14-25-23(29)24(13-22(27)28)11-17-8-3-4-9-18(17)12-24/h3-10,15H,2,11-14H2,1H3,(H,25,29)(H,27,28). The predicted octanol–water partition coefficient (Wildman–Crippen LogP) is 4.25. The molecule has 3 aromatic rings. The fourth-order valence-electron chi connectivity index (χ4n) is 4.29. The number of nitrogens with zero attached hydrogens (tertiary/aromatic N) is 1. The second-order valence-electron chi connectivity index (χ2n) is 7.79. The molecular weight excluding hydrogens is 396 g/mol. The molecule has 5 nitrogen and oxygen atoms in total. The van der Waals surface area contributed by atoms with Crippen LogP contribution in [0, 0.1) is 5.41 Å². The van der Waals surface area contributed by atoms with Crippen LogP contribution in [0.1, 0.15) is 35.0 Å². The minimum atomic E-state index is -0.953. The van der Waals surface area contributed by atoms with Crippen LogP contribution >= 0.6 is 11.3 Å². The number of hydrogen-bond donors (Lipinski definition) is 2. The molecule has 1 heterocycles. The smallest absolute Gasteiger partial charge is 0.304 e. The van der Waals surface area contributed by atoms with Crippen LogP contribution in [0.25, 0.3) is 11.3 Å². The molecule has 30 heavy (non-hydrogen) atoms. The lowest BCUT2D eigenvalue weighted by Gasteiger charge is -2.25. The van der Waals surface area contributed by atoms with E-state index in [-0.39, 0.29) is 12.3 Å². The van der Waals surface area contributed by atoms with Crippen molar-refractivity contribution in [2.45, 2.75) is 39.2 Å². The Morgan fingerprint density at radius 2 is 1.77 bits per heavy atom. The van der Waals surface area contributed by atoms with E-state index in [1.165, 1.54) is 16.9 Å². The Hall–Kier alpha value is -2.99.